The first-order valence-corrected chi connectivity index (χ1v) is 17.4. The van der Waals surface area contributed by atoms with Gasteiger partial charge in [-0.15, -0.1) is 0 Å². The molecule has 3 aliphatic rings. The van der Waals surface area contributed by atoms with E-state index in [0.29, 0.717) is 17.3 Å². The van der Waals surface area contributed by atoms with E-state index in [1.54, 1.807) is 0 Å². The Labute approximate surface area is 227 Å². The summed E-state index contributed by atoms with van der Waals surface area (Å²) in [7, 11) is -2.03. The van der Waals surface area contributed by atoms with Gasteiger partial charge in [-0.2, -0.15) is 0 Å². The molecular formula is C31H54O5Si. The van der Waals surface area contributed by atoms with E-state index >= 15 is 0 Å². The first-order valence-electron chi connectivity index (χ1n) is 14.5. The zero-order valence-electron chi connectivity index (χ0n) is 25.6. The standard InChI is InChI=1S/C31H54O5Si/c1-21-13-14-25-30(8)17-12-16-29(6,7)24(30)15-18-31(25,9)26(21)27(33)34-19-23(36-22(2)32)20-35-37(10,11)28(3,4)5/h13,23-26H,12,14-20H2,1-11H3/t23-,24?,25-,26+,30+,31-/m1/s1. The first kappa shape index (κ1) is 30.4. The van der Waals surface area contributed by atoms with E-state index in [9.17, 15) is 9.59 Å². The number of hydrogen-bond donors (Lipinski definition) is 0. The average molecular weight is 535 g/mol. The summed E-state index contributed by atoms with van der Waals surface area (Å²) in [6, 6.07) is 0. The summed E-state index contributed by atoms with van der Waals surface area (Å²) in [5.41, 5.74) is 1.59. The maximum Gasteiger partial charge on any atom is 0.313 e. The van der Waals surface area contributed by atoms with Gasteiger partial charge in [0, 0.05) is 6.92 Å². The number of hydrogen-bond acceptors (Lipinski definition) is 5. The molecule has 0 heterocycles. The molecule has 0 spiro atoms. The molecule has 0 radical (unpaired) electrons. The van der Waals surface area contributed by atoms with E-state index < -0.39 is 14.4 Å². The monoisotopic (exact) mass is 534 g/mol. The van der Waals surface area contributed by atoms with Crippen molar-refractivity contribution < 1.29 is 23.5 Å². The summed E-state index contributed by atoms with van der Waals surface area (Å²) in [6.07, 6.45) is 8.78. The van der Waals surface area contributed by atoms with E-state index in [2.05, 4.69) is 74.6 Å². The highest BCUT2D eigenvalue weighted by molar-refractivity contribution is 6.74. The minimum Gasteiger partial charge on any atom is -0.461 e. The molecule has 0 aromatic carbocycles. The van der Waals surface area contributed by atoms with Gasteiger partial charge in [-0.1, -0.05) is 66.5 Å². The summed E-state index contributed by atoms with van der Waals surface area (Å²) in [5.74, 6) is 0.338. The molecule has 0 amide bonds. The van der Waals surface area contributed by atoms with Crippen molar-refractivity contribution in [3.8, 4) is 0 Å². The summed E-state index contributed by atoms with van der Waals surface area (Å²) in [4.78, 5) is 25.6. The molecule has 6 atom stereocenters. The van der Waals surface area contributed by atoms with Crippen LogP contribution in [0.2, 0.25) is 18.1 Å². The number of ether oxygens (including phenoxy) is 2. The Hall–Kier alpha value is -1.14. The number of rotatable bonds is 7. The number of esters is 2. The Morgan fingerprint density at radius 2 is 1.68 bits per heavy atom. The van der Waals surface area contributed by atoms with Crippen molar-refractivity contribution in [2.45, 2.75) is 125 Å². The highest BCUT2D eigenvalue weighted by Crippen LogP contribution is 2.68. The molecule has 2 fully saturated rings. The Balaban J connectivity index is 1.77. The minimum atomic E-state index is -2.03. The zero-order valence-corrected chi connectivity index (χ0v) is 26.6. The van der Waals surface area contributed by atoms with E-state index in [0.717, 1.165) is 18.4 Å². The first-order chi connectivity index (χ1) is 16.8. The lowest BCUT2D eigenvalue weighted by atomic mass is 9.40. The highest BCUT2D eigenvalue weighted by atomic mass is 28.4. The summed E-state index contributed by atoms with van der Waals surface area (Å²) in [5, 5.41) is 0.0424. The van der Waals surface area contributed by atoms with E-state index in [1.165, 1.54) is 32.6 Å². The van der Waals surface area contributed by atoms with Gasteiger partial charge in [0.15, 0.2) is 14.4 Å². The van der Waals surface area contributed by atoms with Crippen molar-refractivity contribution in [3.05, 3.63) is 11.6 Å². The van der Waals surface area contributed by atoms with Crippen LogP contribution in [0.1, 0.15) is 101 Å². The molecule has 6 heteroatoms. The number of fused-ring (bicyclic) bond motifs is 3. The second-order valence-electron chi connectivity index (χ2n) is 15.0. The molecule has 0 aromatic rings. The highest BCUT2D eigenvalue weighted by Gasteiger charge is 2.62. The maximum absolute atomic E-state index is 13.8. The van der Waals surface area contributed by atoms with Gasteiger partial charge in [-0.25, -0.2) is 0 Å². The fourth-order valence-electron chi connectivity index (χ4n) is 8.09. The smallest absolute Gasteiger partial charge is 0.313 e. The van der Waals surface area contributed by atoms with Crippen LogP contribution in [0.4, 0.5) is 0 Å². The van der Waals surface area contributed by atoms with Gasteiger partial charge in [-0.3, -0.25) is 9.59 Å². The molecule has 37 heavy (non-hydrogen) atoms. The SMILES string of the molecule is CC(=O)O[C@H](COC(=O)[C@@H]1C(C)=CC[C@H]2[C@@]1(C)CCC1C(C)(C)CCC[C@@]12C)CO[Si](C)(C)C(C)(C)C. The largest absolute Gasteiger partial charge is 0.461 e. The van der Waals surface area contributed by atoms with E-state index in [-0.39, 0.29) is 46.9 Å². The van der Waals surface area contributed by atoms with E-state index in [1.807, 2.05) is 0 Å². The van der Waals surface area contributed by atoms with Gasteiger partial charge in [0.25, 0.3) is 0 Å². The fourth-order valence-corrected chi connectivity index (χ4v) is 9.13. The molecule has 0 aliphatic heterocycles. The lowest BCUT2D eigenvalue weighted by Gasteiger charge is -2.64. The number of allylic oxidation sites excluding steroid dienone is 1. The normalized spacial score (nSPS) is 34.5. The van der Waals surface area contributed by atoms with Gasteiger partial charge < -0.3 is 13.9 Å². The van der Waals surface area contributed by atoms with Gasteiger partial charge in [0.05, 0.1) is 12.5 Å². The van der Waals surface area contributed by atoms with Crippen LogP contribution in [-0.4, -0.2) is 39.6 Å². The van der Waals surface area contributed by atoms with Gasteiger partial charge in [-0.05, 0) is 85.2 Å². The van der Waals surface area contributed by atoms with Gasteiger partial charge >= 0.3 is 11.9 Å². The average Bonchev–Trinajstić information content (AvgIpc) is 2.73. The van der Waals surface area contributed by atoms with Crippen molar-refractivity contribution in [3.63, 3.8) is 0 Å². The van der Waals surface area contributed by atoms with Crippen molar-refractivity contribution in [2.24, 2.45) is 34.0 Å². The molecule has 2 saturated carbocycles. The predicted octanol–water partition coefficient (Wildman–Crippen LogP) is 7.70. The summed E-state index contributed by atoms with van der Waals surface area (Å²) >= 11 is 0. The number of carbonyl (C=O) groups excluding carboxylic acids is 2. The van der Waals surface area contributed by atoms with Crippen LogP contribution < -0.4 is 0 Å². The molecular weight excluding hydrogens is 480 g/mol. The molecule has 1 unspecified atom stereocenters. The number of carbonyl (C=O) groups is 2. The van der Waals surface area contributed by atoms with Crippen molar-refractivity contribution >= 4 is 20.3 Å². The third-order valence-electron chi connectivity index (χ3n) is 11.0. The Morgan fingerprint density at radius 3 is 2.27 bits per heavy atom. The fraction of sp³-hybridized carbons (Fsp3) is 0.871. The Morgan fingerprint density at radius 1 is 1.03 bits per heavy atom. The molecule has 0 saturated heterocycles. The van der Waals surface area contributed by atoms with Crippen LogP contribution in [0.15, 0.2) is 11.6 Å². The van der Waals surface area contributed by atoms with Gasteiger partial charge in [0.1, 0.15) is 6.61 Å². The summed E-state index contributed by atoms with van der Waals surface area (Å²) in [6.45, 7) is 24.4. The molecule has 3 rings (SSSR count). The van der Waals surface area contributed by atoms with Crippen LogP contribution in [0.5, 0.6) is 0 Å². The van der Waals surface area contributed by atoms with Crippen LogP contribution >= 0.6 is 0 Å². The maximum atomic E-state index is 13.8. The molecule has 0 N–H and O–H groups in total. The van der Waals surface area contributed by atoms with Crippen molar-refractivity contribution in [2.75, 3.05) is 13.2 Å². The Bertz CT molecular complexity index is 900. The van der Waals surface area contributed by atoms with E-state index in [4.69, 9.17) is 13.9 Å². The van der Waals surface area contributed by atoms with Crippen molar-refractivity contribution in [1.82, 2.24) is 0 Å². The van der Waals surface area contributed by atoms with Crippen LogP contribution in [0.3, 0.4) is 0 Å². The molecule has 0 aromatic heterocycles. The zero-order chi connectivity index (χ0) is 28.0. The summed E-state index contributed by atoms with van der Waals surface area (Å²) < 4.78 is 17.8. The minimum absolute atomic E-state index is 0.0322. The van der Waals surface area contributed by atoms with Crippen molar-refractivity contribution in [1.29, 1.82) is 0 Å². The lowest BCUT2D eigenvalue weighted by Crippen LogP contribution is -2.58. The lowest BCUT2D eigenvalue weighted by molar-refractivity contribution is -0.177. The molecule has 3 aliphatic carbocycles. The molecule has 5 nitrogen and oxygen atoms in total. The third kappa shape index (κ3) is 5.90. The molecule has 0 bridgehead atoms. The molecule has 212 valence electrons. The second kappa shape index (κ2) is 10.4. The van der Waals surface area contributed by atoms with Crippen LogP contribution in [0.25, 0.3) is 0 Å². The Kier molecular flexibility index (Phi) is 8.58. The quantitative estimate of drug-likeness (QED) is 0.190. The third-order valence-corrected chi connectivity index (χ3v) is 15.5. The predicted molar refractivity (Wildman–Crippen MR) is 152 cm³/mol. The topological polar surface area (TPSA) is 61.8 Å². The van der Waals surface area contributed by atoms with Gasteiger partial charge in [0.2, 0.25) is 0 Å². The second-order valence-corrected chi connectivity index (χ2v) is 19.9. The van der Waals surface area contributed by atoms with Crippen LogP contribution in [-0.2, 0) is 23.5 Å². The van der Waals surface area contributed by atoms with Crippen LogP contribution in [0, 0.1) is 34.0 Å².